The Morgan fingerprint density at radius 2 is 1.85 bits per heavy atom. The molecule has 0 aliphatic carbocycles. The molecule has 0 aliphatic rings. The molecule has 4 heteroatoms. The smallest absolute Gasteiger partial charge is 0.329 e. The molecule has 0 saturated heterocycles. The first kappa shape index (κ1) is 12.4. The van der Waals surface area contributed by atoms with E-state index in [1.807, 2.05) is 0 Å². The number of halogens is 1. The van der Waals surface area contributed by atoms with Crippen LogP contribution in [0.3, 0.4) is 0 Å². The van der Waals surface area contributed by atoms with Crippen LogP contribution in [0.25, 0.3) is 0 Å². The number of rotatable bonds is 2. The Morgan fingerprint density at radius 3 is 1.92 bits per heavy atom. The number of alkyl halides is 1. The average Bonchev–Trinajstić information content (AvgIpc) is 1.98. The molecule has 78 valence electrons. The second kappa shape index (κ2) is 3.62. The van der Waals surface area contributed by atoms with E-state index in [0.29, 0.717) is 0 Å². The second-order valence-corrected chi connectivity index (χ2v) is 4.23. The van der Waals surface area contributed by atoms with E-state index in [2.05, 4.69) is 4.74 Å². The topological polar surface area (TPSA) is 52.3 Å². The minimum Gasteiger partial charge on any atom is -0.468 e. The maximum absolute atomic E-state index is 13.3. The molecule has 0 amide bonds. The molecule has 0 bridgehead atoms. The maximum Gasteiger partial charge on any atom is 0.329 e. The molecule has 0 rings (SSSR count). The normalized spacial score (nSPS) is 19.0. The fraction of sp³-hybridized carbons (Fsp3) is 0.889. The van der Waals surface area contributed by atoms with Crippen LogP contribution in [-0.2, 0) is 9.53 Å². The quantitative estimate of drug-likeness (QED) is 0.668. The van der Waals surface area contributed by atoms with Crippen LogP contribution < -0.4 is 5.73 Å². The van der Waals surface area contributed by atoms with E-state index < -0.39 is 23.1 Å². The lowest BCUT2D eigenvalue weighted by Gasteiger charge is -2.39. The largest absolute Gasteiger partial charge is 0.468 e. The fourth-order valence-corrected chi connectivity index (χ4v) is 1.23. The predicted octanol–water partition coefficient (Wildman–Crippen LogP) is 1.26. The van der Waals surface area contributed by atoms with Crippen molar-refractivity contribution in [3.05, 3.63) is 0 Å². The van der Waals surface area contributed by atoms with E-state index in [-0.39, 0.29) is 0 Å². The van der Waals surface area contributed by atoms with Crippen LogP contribution in [0.15, 0.2) is 0 Å². The van der Waals surface area contributed by atoms with Crippen LogP contribution in [-0.4, -0.2) is 24.8 Å². The molecule has 0 aromatic carbocycles. The molecular formula is C9H18FNO2. The van der Waals surface area contributed by atoms with Crippen LogP contribution in [0.2, 0.25) is 0 Å². The van der Waals surface area contributed by atoms with Gasteiger partial charge in [-0.25, -0.2) is 9.18 Å². The summed E-state index contributed by atoms with van der Waals surface area (Å²) in [5, 5.41) is 0. The minimum absolute atomic E-state index is 0.672. The summed E-state index contributed by atoms with van der Waals surface area (Å²) in [7, 11) is 1.21. The van der Waals surface area contributed by atoms with Crippen molar-refractivity contribution in [2.24, 2.45) is 11.1 Å². The van der Waals surface area contributed by atoms with Gasteiger partial charge in [-0.15, -0.1) is 0 Å². The van der Waals surface area contributed by atoms with Crippen LogP contribution in [0.5, 0.6) is 0 Å². The van der Waals surface area contributed by atoms with Crippen molar-refractivity contribution in [1.29, 1.82) is 0 Å². The zero-order valence-electron chi connectivity index (χ0n) is 8.85. The van der Waals surface area contributed by atoms with E-state index in [4.69, 9.17) is 5.73 Å². The van der Waals surface area contributed by atoms with Gasteiger partial charge in [-0.05, 0) is 12.3 Å². The van der Waals surface area contributed by atoms with Crippen molar-refractivity contribution in [3.8, 4) is 0 Å². The lowest BCUT2D eigenvalue weighted by molar-refractivity contribution is -0.155. The molecule has 0 heterocycles. The molecule has 0 aromatic heterocycles. The number of carbonyl (C=O) groups is 1. The summed E-state index contributed by atoms with van der Waals surface area (Å²) in [6.45, 7) is 6.39. The molecule has 2 unspecified atom stereocenters. The van der Waals surface area contributed by atoms with Gasteiger partial charge in [0.25, 0.3) is 0 Å². The Hall–Kier alpha value is -0.640. The number of nitrogens with two attached hydrogens (primary N) is 1. The van der Waals surface area contributed by atoms with E-state index in [0.717, 1.165) is 0 Å². The van der Waals surface area contributed by atoms with Gasteiger partial charge < -0.3 is 10.5 Å². The Kier molecular flexibility index (Phi) is 3.44. The van der Waals surface area contributed by atoms with Crippen LogP contribution in [0, 0.1) is 5.41 Å². The molecular weight excluding hydrogens is 173 g/mol. The van der Waals surface area contributed by atoms with Crippen molar-refractivity contribution in [2.45, 2.75) is 39.4 Å². The van der Waals surface area contributed by atoms with Crippen molar-refractivity contribution < 1.29 is 13.9 Å². The lowest BCUT2D eigenvalue weighted by atomic mass is 9.71. The molecule has 0 saturated carbocycles. The highest BCUT2D eigenvalue weighted by atomic mass is 19.1. The van der Waals surface area contributed by atoms with Crippen molar-refractivity contribution in [3.63, 3.8) is 0 Å². The Bertz CT molecular complexity index is 198. The molecule has 13 heavy (non-hydrogen) atoms. The fourth-order valence-electron chi connectivity index (χ4n) is 1.23. The first-order valence-corrected chi connectivity index (χ1v) is 4.19. The van der Waals surface area contributed by atoms with Gasteiger partial charge in [0.1, 0.15) is 6.17 Å². The van der Waals surface area contributed by atoms with Crippen molar-refractivity contribution in [2.75, 3.05) is 7.11 Å². The summed E-state index contributed by atoms with van der Waals surface area (Å²) in [5.41, 5.74) is 3.47. The van der Waals surface area contributed by atoms with Gasteiger partial charge >= 0.3 is 5.97 Å². The predicted molar refractivity (Wildman–Crippen MR) is 49.0 cm³/mol. The zero-order valence-corrected chi connectivity index (χ0v) is 8.85. The van der Waals surface area contributed by atoms with Gasteiger partial charge in [-0.1, -0.05) is 20.8 Å². The summed E-state index contributed by atoms with van der Waals surface area (Å²) >= 11 is 0. The van der Waals surface area contributed by atoms with Gasteiger partial charge in [0.05, 0.1) is 7.11 Å². The summed E-state index contributed by atoms with van der Waals surface area (Å²) in [6.07, 6.45) is -1.44. The van der Waals surface area contributed by atoms with Crippen molar-refractivity contribution in [1.82, 2.24) is 0 Å². The minimum atomic E-state index is -1.58. The molecule has 0 aromatic rings. The van der Waals surface area contributed by atoms with Gasteiger partial charge in [-0.3, -0.25) is 0 Å². The number of hydrogen-bond acceptors (Lipinski definition) is 3. The van der Waals surface area contributed by atoms with Gasteiger partial charge in [0.2, 0.25) is 0 Å². The van der Waals surface area contributed by atoms with Gasteiger partial charge in [0.15, 0.2) is 5.54 Å². The third-order valence-electron chi connectivity index (χ3n) is 2.39. The molecule has 0 aliphatic heterocycles. The van der Waals surface area contributed by atoms with Gasteiger partial charge in [0, 0.05) is 0 Å². The molecule has 2 N–H and O–H groups in total. The standard InChI is InChI=1S/C9H18FNO2/c1-6(10)9(11,7(12)13-5)8(2,3)4/h6H,11H2,1-5H3. The van der Waals surface area contributed by atoms with E-state index in [1.54, 1.807) is 20.8 Å². The van der Waals surface area contributed by atoms with Crippen LogP contribution in [0.4, 0.5) is 4.39 Å². The summed E-state index contributed by atoms with van der Waals surface area (Å²) in [4.78, 5) is 11.3. The lowest BCUT2D eigenvalue weighted by Crippen LogP contribution is -2.63. The monoisotopic (exact) mass is 191 g/mol. The van der Waals surface area contributed by atoms with E-state index in [1.165, 1.54) is 14.0 Å². The van der Waals surface area contributed by atoms with Crippen molar-refractivity contribution >= 4 is 5.97 Å². The molecule has 0 radical (unpaired) electrons. The van der Waals surface area contributed by atoms with Crippen LogP contribution in [0.1, 0.15) is 27.7 Å². The van der Waals surface area contributed by atoms with Crippen LogP contribution >= 0.6 is 0 Å². The zero-order chi connectivity index (χ0) is 10.9. The molecule has 0 spiro atoms. The number of hydrogen-bond donors (Lipinski definition) is 1. The van der Waals surface area contributed by atoms with E-state index >= 15 is 0 Å². The highest BCUT2D eigenvalue weighted by molar-refractivity contribution is 5.82. The third kappa shape index (κ3) is 1.99. The Labute approximate surface area is 78.4 Å². The summed E-state index contributed by atoms with van der Waals surface area (Å²) < 4.78 is 17.8. The third-order valence-corrected chi connectivity index (χ3v) is 2.39. The SMILES string of the molecule is COC(=O)C(N)(C(C)F)C(C)(C)C. The number of carbonyl (C=O) groups excluding carboxylic acids is 1. The first-order valence-electron chi connectivity index (χ1n) is 4.19. The Balaban J connectivity index is 5.08. The molecule has 0 fully saturated rings. The number of ether oxygens (including phenoxy) is 1. The average molecular weight is 191 g/mol. The highest BCUT2D eigenvalue weighted by Gasteiger charge is 2.51. The first-order chi connectivity index (χ1) is 5.67. The number of methoxy groups -OCH3 is 1. The number of esters is 1. The summed E-state index contributed by atoms with van der Waals surface area (Å²) in [5.74, 6) is -0.713. The van der Waals surface area contributed by atoms with Gasteiger partial charge in [-0.2, -0.15) is 0 Å². The molecule has 2 atom stereocenters. The maximum atomic E-state index is 13.3. The second-order valence-electron chi connectivity index (χ2n) is 4.23. The Morgan fingerprint density at radius 1 is 1.46 bits per heavy atom. The molecule has 3 nitrogen and oxygen atoms in total. The van der Waals surface area contributed by atoms with E-state index in [9.17, 15) is 9.18 Å². The highest BCUT2D eigenvalue weighted by Crippen LogP contribution is 2.33. The summed E-state index contributed by atoms with van der Waals surface area (Å²) in [6, 6.07) is 0.